The van der Waals surface area contributed by atoms with Crippen LogP contribution in [0.15, 0.2) is 33.3 Å². The number of anilines is 1. The lowest BCUT2D eigenvalue weighted by molar-refractivity contribution is 0.0949. The molecule has 0 atom stereocenters. The summed E-state index contributed by atoms with van der Waals surface area (Å²) in [5.74, 6) is -0.104. The maximum atomic E-state index is 12.7. The van der Waals surface area contributed by atoms with Crippen molar-refractivity contribution >= 4 is 41.0 Å². The van der Waals surface area contributed by atoms with E-state index in [1.54, 1.807) is 28.4 Å². The van der Waals surface area contributed by atoms with Gasteiger partial charge in [0.05, 0.1) is 11.9 Å². The van der Waals surface area contributed by atoms with Gasteiger partial charge in [0.2, 0.25) is 11.6 Å². The highest BCUT2D eigenvalue weighted by atomic mass is 32.2. The lowest BCUT2D eigenvalue weighted by Gasteiger charge is -2.05. The molecule has 4 aromatic rings. The third-order valence-electron chi connectivity index (χ3n) is 3.80. The Morgan fingerprint density at radius 3 is 2.93 bits per heavy atom. The summed E-state index contributed by atoms with van der Waals surface area (Å²) in [6, 6.07) is 3.88. The Morgan fingerprint density at radius 2 is 2.27 bits per heavy atom. The first-order valence-corrected chi connectivity index (χ1v) is 10.2. The molecule has 154 valence electrons. The van der Waals surface area contributed by atoms with Crippen molar-refractivity contribution in [3.63, 3.8) is 0 Å². The molecule has 4 heterocycles. The van der Waals surface area contributed by atoms with Gasteiger partial charge in [0.1, 0.15) is 6.33 Å². The molecule has 1 amide bonds. The zero-order valence-electron chi connectivity index (χ0n) is 15.8. The highest BCUT2D eigenvalue weighted by Gasteiger charge is 2.24. The van der Waals surface area contributed by atoms with Crippen molar-refractivity contribution in [2.24, 2.45) is 12.1 Å². The average molecular weight is 445 g/mol. The van der Waals surface area contributed by atoms with Crippen LogP contribution >= 0.6 is 23.1 Å². The number of nitrogens with two attached hydrogens (primary N) is 1. The van der Waals surface area contributed by atoms with Crippen LogP contribution in [0.4, 0.5) is 5.82 Å². The van der Waals surface area contributed by atoms with E-state index >= 15 is 0 Å². The van der Waals surface area contributed by atoms with Crippen LogP contribution in [0.3, 0.4) is 0 Å². The first-order chi connectivity index (χ1) is 14.5. The van der Waals surface area contributed by atoms with Crippen molar-refractivity contribution in [2.75, 3.05) is 5.73 Å². The summed E-state index contributed by atoms with van der Waals surface area (Å²) in [4.78, 5) is 14.7. The molecule has 0 spiro atoms. The number of carbonyl (C=O) groups excluding carboxylic acids is 1. The summed E-state index contributed by atoms with van der Waals surface area (Å²) in [5.41, 5.74) is 8.72. The van der Waals surface area contributed by atoms with Crippen molar-refractivity contribution < 1.29 is 9.42 Å². The molecule has 0 aromatic carbocycles. The molecule has 4 aromatic heterocycles. The Balaban J connectivity index is 1.59. The van der Waals surface area contributed by atoms with Gasteiger partial charge in [0, 0.05) is 22.6 Å². The van der Waals surface area contributed by atoms with Gasteiger partial charge in [-0.15, -0.1) is 26.6 Å². The Hall–Kier alpha value is -3.59. The minimum atomic E-state index is -0.533. The Morgan fingerprint density at radius 1 is 1.40 bits per heavy atom. The third kappa shape index (κ3) is 4.06. The zero-order valence-corrected chi connectivity index (χ0v) is 17.4. The Labute approximate surface area is 177 Å². The van der Waals surface area contributed by atoms with E-state index in [-0.39, 0.29) is 23.1 Å². The second kappa shape index (κ2) is 8.42. The minimum Gasteiger partial charge on any atom is -0.378 e. The lowest BCUT2D eigenvalue weighted by Crippen LogP contribution is -2.20. The maximum absolute atomic E-state index is 12.7. The van der Waals surface area contributed by atoms with E-state index in [0.717, 1.165) is 9.75 Å². The third-order valence-corrected chi connectivity index (χ3v) is 5.78. The zero-order chi connectivity index (χ0) is 21.1. The molecular formula is C15H15N11O2S2. The molecule has 0 unspecified atom stereocenters. The molecule has 0 aliphatic rings. The van der Waals surface area contributed by atoms with Gasteiger partial charge in [0.25, 0.3) is 5.91 Å². The summed E-state index contributed by atoms with van der Waals surface area (Å²) in [6.45, 7) is 1.99. The number of aromatic nitrogens is 8. The van der Waals surface area contributed by atoms with E-state index in [2.05, 4.69) is 46.0 Å². The number of hydrogen-bond acceptors (Lipinski definition) is 12. The van der Waals surface area contributed by atoms with Crippen LogP contribution in [-0.4, -0.2) is 52.2 Å². The van der Waals surface area contributed by atoms with Gasteiger partial charge in [-0.3, -0.25) is 4.79 Å². The smallest absolute Gasteiger partial charge is 0.293 e. The number of rotatable bonds is 7. The fourth-order valence-corrected chi connectivity index (χ4v) is 4.01. The van der Waals surface area contributed by atoms with Gasteiger partial charge < -0.3 is 10.3 Å². The van der Waals surface area contributed by atoms with Gasteiger partial charge >= 0.3 is 0 Å². The molecule has 4 rings (SSSR count). The predicted molar refractivity (Wildman–Crippen MR) is 108 cm³/mol. The highest BCUT2D eigenvalue weighted by molar-refractivity contribution is 7.98. The van der Waals surface area contributed by atoms with Crippen LogP contribution in [0, 0.1) is 6.92 Å². The largest absolute Gasteiger partial charge is 0.378 e. The summed E-state index contributed by atoms with van der Waals surface area (Å²) in [7, 11) is 1.81. The van der Waals surface area contributed by atoms with Crippen molar-refractivity contribution in [1.82, 2.24) is 45.5 Å². The molecule has 15 heteroatoms. The molecule has 0 radical (unpaired) electrons. The monoisotopic (exact) mass is 445 g/mol. The van der Waals surface area contributed by atoms with Crippen LogP contribution < -0.4 is 11.2 Å². The van der Waals surface area contributed by atoms with Gasteiger partial charge in [-0.05, 0) is 29.4 Å². The molecule has 0 saturated heterocycles. The molecule has 0 aliphatic carbocycles. The average Bonchev–Trinajstić information content (AvgIpc) is 3.49. The second-order valence-corrected chi connectivity index (χ2v) is 8.19. The van der Waals surface area contributed by atoms with Crippen molar-refractivity contribution in [3.05, 3.63) is 39.6 Å². The second-order valence-electron chi connectivity index (χ2n) is 5.93. The van der Waals surface area contributed by atoms with Crippen LogP contribution in [0.5, 0.6) is 0 Å². The van der Waals surface area contributed by atoms with Gasteiger partial charge in [-0.25, -0.2) is 10.1 Å². The molecular weight excluding hydrogens is 430 g/mol. The summed E-state index contributed by atoms with van der Waals surface area (Å²) in [5, 5.41) is 27.7. The van der Waals surface area contributed by atoms with E-state index in [1.807, 2.05) is 26.1 Å². The summed E-state index contributed by atoms with van der Waals surface area (Å²) >= 11 is 2.90. The van der Waals surface area contributed by atoms with E-state index < -0.39 is 5.91 Å². The van der Waals surface area contributed by atoms with Crippen LogP contribution in [-0.2, 0) is 12.8 Å². The number of carbonyl (C=O) groups is 1. The predicted octanol–water partition coefficient (Wildman–Crippen LogP) is 0.787. The molecule has 0 saturated carbocycles. The van der Waals surface area contributed by atoms with Gasteiger partial charge in [0.15, 0.2) is 10.9 Å². The topological polar surface area (TPSA) is 168 Å². The van der Waals surface area contributed by atoms with Gasteiger partial charge in [-0.1, -0.05) is 17.0 Å². The van der Waals surface area contributed by atoms with E-state index in [1.165, 1.54) is 16.4 Å². The standard InChI is InChI=1S/C15H15N11O2S2/c1-8-3-4-9(30-8)5-17-20-14(27)11-10(6-29-15-21-18-7-25(15)2)26(24-19-11)13-12(16)22-28-23-13/h3-5,7H,6H2,1-2H3,(H2,16,22)(H,20,27)/b17-5+. The number of nitrogens with zero attached hydrogens (tertiary/aromatic N) is 9. The molecule has 13 nitrogen and oxygen atoms in total. The number of thiophene rings is 1. The van der Waals surface area contributed by atoms with Crippen LogP contribution in [0.2, 0.25) is 0 Å². The number of nitrogen functional groups attached to an aromatic ring is 1. The molecule has 0 aliphatic heterocycles. The van der Waals surface area contributed by atoms with Crippen molar-refractivity contribution in [2.45, 2.75) is 17.8 Å². The molecule has 0 bridgehead atoms. The fourth-order valence-electron chi connectivity index (χ4n) is 2.38. The van der Waals surface area contributed by atoms with Crippen LogP contribution in [0.1, 0.15) is 25.9 Å². The summed E-state index contributed by atoms with van der Waals surface area (Å²) in [6.07, 6.45) is 3.14. The van der Waals surface area contributed by atoms with Crippen molar-refractivity contribution in [1.29, 1.82) is 0 Å². The molecule has 3 N–H and O–H groups in total. The molecule has 30 heavy (non-hydrogen) atoms. The van der Waals surface area contributed by atoms with E-state index in [9.17, 15) is 4.79 Å². The van der Waals surface area contributed by atoms with E-state index in [0.29, 0.717) is 10.9 Å². The molecule has 0 fully saturated rings. The number of aryl methyl sites for hydroxylation is 2. The SMILES string of the molecule is Cc1ccc(/C=N/NC(=O)c2nnn(-c3nonc3N)c2CSc2nncn2C)s1. The first kappa shape index (κ1) is 19.7. The number of hydrazone groups is 1. The van der Waals surface area contributed by atoms with Crippen LogP contribution in [0.25, 0.3) is 5.82 Å². The maximum Gasteiger partial charge on any atom is 0.293 e. The minimum absolute atomic E-state index is 0.0165. The summed E-state index contributed by atoms with van der Waals surface area (Å²) < 4.78 is 7.69. The number of thioether (sulfide) groups is 1. The number of hydrogen-bond donors (Lipinski definition) is 2. The Kier molecular flexibility index (Phi) is 5.53. The van der Waals surface area contributed by atoms with Gasteiger partial charge in [-0.2, -0.15) is 9.78 Å². The first-order valence-electron chi connectivity index (χ1n) is 8.42. The Bertz CT molecular complexity index is 1200. The van der Waals surface area contributed by atoms with Crippen molar-refractivity contribution in [3.8, 4) is 5.82 Å². The fraction of sp³-hybridized carbons (Fsp3) is 0.200. The normalized spacial score (nSPS) is 11.4. The number of nitrogens with one attached hydrogen (secondary N) is 1. The number of amides is 1. The lowest BCUT2D eigenvalue weighted by atomic mass is 10.3. The quantitative estimate of drug-likeness (QED) is 0.236. The van der Waals surface area contributed by atoms with E-state index in [4.69, 9.17) is 5.73 Å². The highest BCUT2D eigenvalue weighted by Crippen LogP contribution is 2.24.